The molecule has 0 aliphatic carbocycles. The first-order valence-corrected chi connectivity index (χ1v) is 7.97. The molecular formula is C16H30N2O2. The Bertz CT molecular complexity index is 361. The smallest absolute Gasteiger partial charge is 0.249 e. The Morgan fingerprint density at radius 2 is 1.70 bits per heavy atom. The van der Waals surface area contributed by atoms with Gasteiger partial charge in [-0.05, 0) is 38.5 Å². The van der Waals surface area contributed by atoms with E-state index < -0.39 is 5.54 Å². The molecule has 0 bridgehead atoms. The zero-order chi connectivity index (χ0) is 15.5. The van der Waals surface area contributed by atoms with E-state index in [1.165, 1.54) is 0 Å². The van der Waals surface area contributed by atoms with Crippen LogP contribution in [0.2, 0.25) is 0 Å². The van der Waals surface area contributed by atoms with Gasteiger partial charge < -0.3 is 10.2 Å². The number of hydrogen-bond acceptors (Lipinski definition) is 2. The highest BCUT2D eigenvalue weighted by molar-refractivity contribution is 6.00. The maximum Gasteiger partial charge on any atom is 0.249 e. The number of carbonyl (C=O) groups excluding carboxylic acids is 2. The molecule has 116 valence electrons. The van der Waals surface area contributed by atoms with Crippen LogP contribution in [-0.4, -0.2) is 34.3 Å². The van der Waals surface area contributed by atoms with Gasteiger partial charge in [-0.1, -0.05) is 34.6 Å². The Labute approximate surface area is 123 Å². The third-order valence-corrected chi connectivity index (χ3v) is 4.61. The van der Waals surface area contributed by atoms with Crippen LogP contribution in [0.4, 0.5) is 0 Å². The molecule has 0 spiro atoms. The van der Waals surface area contributed by atoms with E-state index in [1.54, 1.807) is 0 Å². The van der Waals surface area contributed by atoms with Crippen molar-refractivity contribution in [2.75, 3.05) is 0 Å². The van der Waals surface area contributed by atoms with Gasteiger partial charge in [0, 0.05) is 6.04 Å². The van der Waals surface area contributed by atoms with Gasteiger partial charge in [0.25, 0.3) is 0 Å². The number of piperazine rings is 1. The third-order valence-electron chi connectivity index (χ3n) is 4.61. The predicted octanol–water partition coefficient (Wildman–Crippen LogP) is 2.72. The molecule has 0 aromatic rings. The highest BCUT2D eigenvalue weighted by Crippen LogP contribution is 2.29. The lowest BCUT2D eigenvalue weighted by atomic mass is 9.84. The van der Waals surface area contributed by atoms with Gasteiger partial charge in [-0.25, -0.2) is 0 Å². The molecular weight excluding hydrogens is 252 g/mol. The topological polar surface area (TPSA) is 49.4 Å². The first kappa shape index (κ1) is 17.0. The van der Waals surface area contributed by atoms with Gasteiger partial charge in [0.05, 0.1) is 0 Å². The summed E-state index contributed by atoms with van der Waals surface area (Å²) >= 11 is 0. The summed E-state index contributed by atoms with van der Waals surface area (Å²) < 4.78 is 0. The molecule has 1 fully saturated rings. The van der Waals surface area contributed by atoms with Crippen LogP contribution >= 0.6 is 0 Å². The van der Waals surface area contributed by atoms with Gasteiger partial charge in [-0.2, -0.15) is 0 Å². The lowest BCUT2D eigenvalue weighted by molar-refractivity contribution is -0.158. The minimum absolute atomic E-state index is 0.0160. The van der Waals surface area contributed by atoms with Crippen LogP contribution in [0, 0.1) is 5.92 Å². The third kappa shape index (κ3) is 2.99. The summed E-state index contributed by atoms with van der Waals surface area (Å²) in [7, 11) is 0. The Morgan fingerprint density at radius 1 is 1.15 bits per heavy atom. The predicted molar refractivity (Wildman–Crippen MR) is 81.3 cm³/mol. The molecule has 2 atom stereocenters. The van der Waals surface area contributed by atoms with E-state index in [4.69, 9.17) is 0 Å². The summed E-state index contributed by atoms with van der Waals surface area (Å²) in [4.78, 5) is 27.3. The second kappa shape index (κ2) is 6.59. The number of amides is 2. The molecule has 0 aromatic carbocycles. The zero-order valence-corrected chi connectivity index (χ0v) is 13.8. The second-order valence-corrected chi connectivity index (χ2v) is 6.39. The number of nitrogens with zero attached hydrogens (tertiary/aromatic N) is 1. The molecule has 0 aromatic heterocycles. The monoisotopic (exact) mass is 282 g/mol. The van der Waals surface area contributed by atoms with Gasteiger partial charge in [-0.3, -0.25) is 9.59 Å². The molecule has 2 unspecified atom stereocenters. The van der Waals surface area contributed by atoms with E-state index in [-0.39, 0.29) is 23.9 Å². The van der Waals surface area contributed by atoms with Crippen molar-refractivity contribution in [1.82, 2.24) is 10.2 Å². The molecule has 2 amide bonds. The molecule has 1 aliphatic heterocycles. The number of rotatable bonds is 6. The lowest BCUT2D eigenvalue weighted by Crippen LogP contribution is -2.71. The van der Waals surface area contributed by atoms with Crippen LogP contribution in [0.25, 0.3) is 0 Å². The minimum Gasteiger partial charge on any atom is -0.340 e. The standard InChI is InChI=1S/C16H30N2O2/c1-7-12(6)18-13(10-11(4)5)14(19)17-16(8-2,9-3)15(18)20/h11-13H,7-10H2,1-6H3,(H,17,19). The van der Waals surface area contributed by atoms with Crippen molar-refractivity contribution in [3.8, 4) is 0 Å². The average molecular weight is 282 g/mol. The molecule has 4 heteroatoms. The fourth-order valence-corrected chi connectivity index (χ4v) is 2.99. The molecule has 1 N–H and O–H groups in total. The van der Waals surface area contributed by atoms with Crippen molar-refractivity contribution in [1.29, 1.82) is 0 Å². The Balaban J connectivity index is 3.17. The SMILES string of the molecule is CCC(C)N1C(=O)C(CC)(CC)NC(=O)C1CC(C)C. The van der Waals surface area contributed by atoms with E-state index in [0.717, 1.165) is 12.8 Å². The Morgan fingerprint density at radius 3 is 2.10 bits per heavy atom. The molecule has 1 saturated heterocycles. The van der Waals surface area contributed by atoms with Crippen LogP contribution in [0.1, 0.15) is 67.2 Å². The Kier molecular flexibility index (Phi) is 5.60. The van der Waals surface area contributed by atoms with Crippen molar-refractivity contribution in [2.24, 2.45) is 5.92 Å². The van der Waals surface area contributed by atoms with E-state index in [0.29, 0.717) is 18.8 Å². The van der Waals surface area contributed by atoms with E-state index in [1.807, 2.05) is 25.7 Å². The van der Waals surface area contributed by atoms with Gasteiger partial charge in [0.2, 0.25) is 11.8 Å². The number of hydrogen-bond donors (Lipinski definition) is 1. The van der Waals surface area contributed by atoms with E-state index in [9.17, 15) is 9.59 Å². The van der Waals surface area contributed by atoms with E-state index in [2.05, 4.69) is 26.1 Å². The summed E-state index contributed by atoms with van der Waals surface area (Å²) in [5, 5.41) is 3.01. The molecule has 0 saturated carbocycles. The molecule has 1 rings (SSSR count). The van der Waals surface area contributed by atoms with Gasteiger partial charge in [0.15, 0.2) is 0 Å². The molecule has 4 nitrogen and oxygen atoms in total. The fourth-order valence-electron chi connectivity index (χ4n) is 2.99. The summed E-state index contributed by atoms with van der Waals surface area (Å²) in [5.41, 5.74) is -0.700. The molecule has 1 heterocycles. The van der Waals surface area contributed by atoms with Crippen molar-refractivity contribution in [2.45, 2.75) is 84.8 Å². The summed E-state index contributed by atoms with van der Waals surface area (Å²) in [6, 6.07) is -0.210. The molecule has 20 heavy (non-hydrogen) atoms. The number of nitrogens with one attached hydrogen (secondary N) is 1. The normalized spacial score (nSPS) is 23.9. The second-order valence-electron chi connectivity index (χ2n) is 6.39. The maximum atomic E-state index is 13.0. The zero-order valence-electron chi connectivity index (χ0n) is 13.8. The Hall–Kier alpha value is -1.06. The fraction of sp³-hybridized carbons (Fsp3) is 0.875. The summed E-state index contributed by atoms with van der Waals surface area (Å²) in [5.74, 6) is 0.505. The highest BCUT2D eigenvalue weighted by Gasteiger charge is 2.49. The first-order chi connectivity index (χ1) is 9.32. The van der Waals surface area contributed by atoms with Crippen molar-refractivity contribution in [3.05, 3.63) is 0 Å². The largest absolute Gasteiger partial charge is 0.340 e. The average Bonchev–Trinajstić information content (AvgIpc) is 2.41. The van der Waals surface area contributed by atoms with Crippen molar-refractivity contribution in [3.63, 3.8) is 0 Å². The maximum absolute atomic E-state index is 13.0. The quantitative estimate of drug-likeness (QED) is 0.814. The van der Waals surface area contributed by atoms with Crippen LogP contribution in [-0.2, 0) is 9.59 Å². The van der Waals surface area contributed by atoms with Crippen molar-refractivity contribution < 1.29 is 9.59 Å². The van der Waals surface area contributed by atoms with E-state index >= 15 is 0 Å². The van der Waals surface area contributed by atoms with Gasteiger partial charge in [-0.15, -0.1) is 0 Å². The molecule has 1 aliphatic rings. The highest BCUT2D eigenvalue weighted by atomic mass is 16.2. The van der Waals surface area contributed by atoms with Crippen molar-refractivity contribution >= 4 is 11.8 Å². The van der Waals surface area contributed by atoms with Crippen LogP contribution in [0.5, 0.6) is 0 Å². The lowest BCUT2D eigenvalue weighted by Gasteiger charge is -2.48. The van der Waals surface area contributed by atoms with Crippen LogP contribution in [0.3, 0.4) is 0 Å². The van der Waals surface area contributed by atoms with Crippen LogP contribution in [0.15, 0.2) is 0 Å². The van der Waals surface area contributed by atoms with Crippen LogP contribution < -0.4 is 5.32 Å². The number of carbonyl (C=O) groups is 2. The minimum atomic E-state index is -0.700. The molecule has 0 radical (unpaired) electrons. The summed E-state index contributed by atoms with van der Waals surface area (Å²) in [6.07, 6.45) is 2.90. The van der Waals surface area contributed by atoms with Gasteiger partial charge in [0.1, 0.15) is 11.6 Å². The first-order valence-electron chi connectivity index (χ1n) is 7.97. The summed E-state index contributed by atoms with van der Waals surface area (Å²) in [6.45, 7) is 12.2. The van der Waals surface area contributed by atoms with Gasteiger partial charge >= 0.3 is 0 Å².